The first-order valence-corrected chi connectivity index (χ1v) is 19.2. The van der Waals surface area contributed by atoms with Gasteiger partial charge in [-0.25, -0.2) is 9.18 Å². The van der Waals surface area contributed by atoms with Gasteiger partial charge in [0.25, 0.3) is 0 Å². The van der Waals surface area contributed by atoms with E-state index >= 15 is 4.39 Å². The van der Waals surface area contributed by atoms with Crippen LogP contribution in [0, 0.1) is 24.1 Å². The number of aryl methyl sites for hydroxylation is 1. The molecule has 0 radical (unpaired) electrons. The molecule has 0 saturated carbocycles. The van der Waals surface area contributed by atoms with Gasteiger partial charge in [0.2, 0.25) is 0 Å². The minimum Gasteiger partial charge on any atom is -0.467 e. The molecular weight excluding hydrogens is 710 g/mol. The third-order valence-corrected chi connectivity index (χ3v) is 9.98. The number of methoxy groups -OCH3 is 1. The first-order chi connectivity index (χ1) is 25.6. The van der Waals surface area contributed by atoms with Gasteiger partial charge in [0.15, 0.2) is 5.82 Å². The largest absolute Gasteiger partial charge is 0.467 e. The number of nitriles is 1. The number of thioether (sulfide) groups is 1. The second kappa shape index (κ2) is 18.5. The van der Waals surface area contributed by atoms with Crippen LogP contribution < -0.4 is 9.64 Å². The molecule has 2 saturated heterocycles. The van der Waals surface area contributed by atoms with Crippen molar-refractivity contribution in [1.82, 2.24) is 24.8 Å². The highest BCUT2D eigenvalue weighted by Gasteiger charge is 2.33. The zero-order valence-electron chi connectivity index (χ0n) is 33.0. The quantitative estimate of drug-likeness (QED) is 0.190. The molecule has 6 rings (SSSR count). The molecule has 2 aliphatic heterocycles. The van der Waals surface area contributed by atoms with Crippen LogP contribution in [-0.4, -0.2) is 113 Å². The molecule has 2 aromatic heterocycles. The van der Waals surface area contributed by atoms with E-state index < -0.39 is 11.4 Å². The minimum absolute atomic E-state index is 0.0693. The number of anilines is 1. The van der Waals surface area contributed by atoms with Crippen molar-refractivity contribution in [3.63, 3.8) is 0 Å². The number of nitrogens with zero attached hydrogens (tertiary/aromatic N) is 7. The predicted octanol–water partition coefficient (Wildman–Crippen LogP) is 7.26. The van der Waals surface area contributed by atoms with E-state index in [0.717, 1.165) is 35.8 Å². The van der Waals surface area contributed by atoms with Crippen molar-refractivity contribution in [3.05, 3.63) is 54.0 Å². The molecule has 0 N–H and O–H groups in total. The van der Waals surface area contributed by atoms with Crippen LogP contribution in [0.5, 0.6) is 6.01 Å². The molecule has 0 aliphatic carbocycles. The first-order valence-electron chi connectivity index (χ1n) is 17.9. The van der Waals surface area contributed by atoms with Crippen LogP contribution in [0.4, 0.5) is 15.0 Å². The Hall–Kier alpha value is -4.74. The summed E-state index contributed by atoms with van der Waals surface area (Å²) in [6, 6.07) is 13.5. The van der Waals surface area contributed by atoms with E-state index in [1.807, 2.05) is 87.7 Å². The highest BCUT2D eigenvalue weighted by Crippen LogP contribution is 2.36. The van der Waals surface area contributed by atoms with Gasteiger partial charge in [-0.2, -0.15) is 27.0 Å². The molecule has 0 bridgehead atoms. The lowest BCUT2D eigenvalue weighted by Crippen LogP contribution is -2.55. The molecule has 290 valence electrons. The van der Waals surface area contributed by atoms with Gasteiger partial charge in [-0.3, -0.25) is 9.78 Å². The highest BCUT2D eigenvalue weighted by atomic mass is 32.2. The number of benzene rings is 2. The molecular formula is C40H52FN7O5S. The number of fused-ring (bicyclic) bond motifs is 2. The molecule has 4 aromatic rings. The number of piperidine rings is 1. The number of hydrogen-bond donors (Lipinski definition) is 0. The number of likely N-dealkylation sites (N-methyl/N-ethyl adjacent to an activating group) is 1. The number of rotatable bonds is 5. The fourth-order valence-corrected chi connectivity index (χ4v) is 7.52. The van der Waals surface area contributed by atoms with E-state index in [9.17, 15) is 9.59 Å². The Kier molecular flexibility index (Phi) is 14.4. The van der Waals surface area contributed by atoms with Gasteiger partial charge in [-0.15, -0.1) is 0 Å². The van der Waals surface area contributed by atoms with E-state index in [4.69, 9.17) is 19.5 Å². The van der Waals surface area contributed by atoms with Gasteiger partial charge in [0.05, 0.1) is 18.6 Å². The maximum atomic E-state index is 16.2. The fourth-order valence-electron chi connectivity index (χ4n) is 6.71. The van der Waals surface area contributed by atoms with Gasteiger partial charge >= 0.3 is 18.1 Å². The number of ether oxygens (including phenoxy) is 3. The number of aromatic nitrogens is 3. The topological polar surface area (TPSA) is 134 Å². The van der Waals surface area contributed by atoms with Gasteiger partial charge in [0, 0.05) is 69.6 Å². The Bertz CT molecular complexity index is 1980. The summed E-state index contributed by atoms with van der Waals surface area (Å²) in [5, 5.41) is 10.4. The highest BCUT2D eigenvalue weighted by molar-refractivity contribution is 7.99. The second-order valence-corrected chi connectivity index (χ2v) is 15.6. The summed E-state index contributed by atoms with van der Waals surface area (Å²) in [6.45, 7) is 15.8. The molecule has 2 fully saturated rings. The van der Waals surface area contributed by atoms with Crippen LogP contribution >= 0.6 is 11.8 Å². The molecule has 3 atom stereocenters. The molecule has 0 spiro atoms. The van der Waals surface area contributed by atoms with Crippen molar-refractivity contribution in [1.29, 1.82) is 5.26 Å². The monoisotopic (exact) mass is 761 g/mol. The smallest absolute Gasteiger partial charge is 0.410 e. The standard InChI is InChI=1S/C29H32FN5O3.C9H17NO2S.C2H3N/c1-17-9-7-10-19-11-8-12-20(22(17)19)24-23(30)25-21(15-31-24)26(33-27(32-25)37-6)34-13-14-35(18(2)16-34)28(36)38-29(3,4)5;1-7(11)12-8-4-9(13-3)6-10(2)5-8;1-2-3/h7-12,15,18H,13-14,16H2,1-6H3;8-9H,4-6H2,1-3H3;1H3/t18-;;/m0../s1. The summed E-state index contributed by atoms with van der Waals surface area (Å²) in [4.78, 5) is 42.9. The van der Waals surface area contributed by atoms with E-state index in [2.05, 4.69) is 33.2 Å². The minimum atomic E-state index is -0.576. The molecule has 2 aliphatic rings. The molecule has 2 aromatic carbocycles. The Morgan fingerprint density at radius 1 is 1.07 bits per heavy atom. The Morgan fingerprint density at radius 3 is 2.37 bits per heavy atom. The third kappa shape index (κ3) is 10.5. The molecule has 14 heteroatoms. The van der Waals surface area contributed by atoms with Gasteiger partial charge in [-0.1, -0.05) is 36.4 Å². The van der Waals surface area contributed by atoms with Crippen molar-refractivity contribution in [2.75, 3.05) is 58.0 Å². The average Bonchev–Trinajstić information content (AvgIpc) is 3.10. The maximum Gasteiger partial charge on any atom is 0.410 e. The van der Waals surface area contributed by atoms with E-state index in [1.54, 1.807) is 17.2 Å². The van der Waals surface area contributed by atoms with Crippen molar-refractivity contribution in [3.8, 4) is 23.3 Å². The maximum absolute atomic E-state index is 16.2. The zero-order valence-corrected chi connectivity index (χ0v) is 33.8. The van der Waals surface area contributed by atoms with Gasteiger partial charge < -0.3 is 28.9 Å². The summed E-state index contributed by atoms with van der Waals surface area (Å²) in [5.41, 5.74) is 1.54. The van der Waals surface area contributed by atoms with Crippen LogP contribution in [0.3, 0.4) is 0 Å². The molecule has 54 heavy (non-hydrogen) atoms. The SMILES string of the molecule is CC#N.COc1nc(N2CCN(C(=O)OC(C)(C)C)[C@@H](C)C2)c2cnc(-c3cccc4cccc(C)c34)c(F)c2n1.CSC1CC(OC(C)=O)CN(C)C1. The summed E-state index contributed by atoms with van der Waals surface area (Å²) in [7, 11) is 3.53. The Balaban J connectivity index is 0.000000340. The number of esters is 1. The summed E-state index contributed by atoms with van der Waals surface area (Å²) < 4.78 is 32.3. The Labute approximate surface area is 322 Å². The number of piperazine rings is 1. The summed E-state index contributed by atoms with van der Waals surface area (Å²) in [5.74, 6) is -0.171. The van der Waals surface area contributed by atoms with Crippen molar-refractivity contribution >= 4 is 51.3 Å². The van der Waals surface area contributed by atoms with E-state index in [0.29, 0.717) is 41.7 Å². The normalized spacial score (nSPS) is 18.8. The lowest BCUT2D eigenvalue weighted by atomic mass is 9.97. The van der Waals surface area contributed by atoms with Gasteiger partial charge in [0.1, 0.15) is 28.7 Å². The number of pyridine rings is 1. The lowest BCUT2D eigenvalue weighted by molar-refractivity contribution is -0.148. The van der Waals surface area contributed by atoms with Crippen LogP contribution in [0.2, 0.25) is 0 Å². The predicted molar refractivity (Wildman–Crippen MR) is 212 cm³/mol. The van der Waals surface area contributed by atoms with Gasteiger partial charge in [-0.05, 0) is 70.7 Å². The van der Waals surface area contributed by atoms with Crippen LogP contribution in [0.15, 0.2) is 42.6 Å². The number of carbonyl (C=O) groups excluding carboxylic acids is 2. The zero-order chi connectivity index (χ0) is 39.7. The number of halogens is 1. The van der Waals surface area contributed by atoms with Crippen LogP contribution in [0.1, 0.15) is 53.5 Å². The van der Waals surface area contributed by atoms with Crippen LogP contribution in [0.25, 0.3) is 32.9 Å². The molecule has 1 amide bonds. The fraction of sp³-hybridized carbons (Fsp3) is 0.500. The molecule has 2 unspecified atom stereocenters. The molecule has 4 heterocycles. The summed E-state index contributed by atoms with van der Waals surface area (Å²) in [6.07, 6.45) is 4.47. The number of carbonyl (C=O) groups is 2. The first kappa shape index (κ1) is 42.0. The average molecular weight is 762 g/mol. The number of likely N-dealkylation sites (tertiary alicyclic amines) is 1. The van der Waals surface area contributed by atoms with E-state index in [-0.39, 0.29) is 41.4 Å². The van der Waals surface area contributed by atoms with Crippen LogP contribution in [-0.2, 0) is 14.3 Å². The van der Waals surface area contributed by atoms with E-state index in [1.165, 1.54) is 21.0 Å². The second-order valence-electron chi connectivity index (χ2n) is 14.4. The van der Waals surface area contributed by atoms with Crippen molar-refractivity contribution in [2.24, 2.45) is 0 Å². The molecule has 12 nitrogen and oxygen atoms in total. The van der Waals surface area contributed by atoms with Crippen molar-refractivity contribution < 1.29 is 28.2 Å². The number of amides is 1. The Morgan fingerprint density at radius 2 is 1.76 bits per heavy atom. The lowest BCUT2D eigenvalue weighted by Gasteiger charge is -2.40. The third-order valence-electron chi connectivity index (χ3n) is 8.97. The summed E-state index contributed by atoms with van der Waals surface area (Å²) >= 11 is 1.85. The van der Waals surface area contributed by atoms with Crippen molar-refractivity contribution in [2.45, 2.75) is 77.9 Å². The number of hydrogen-bond acceptors (Lipinski definition) is 12.